The average molecular weight is 307 g/mol. The number of carbonyl (C=O) groups excluding carboxylic acids is 2. The molecule has 1 heterocycles. The van der Waals surface area contributed by atoms with E-state index in [0.717, 1.165) is 0 Å². The summed E-state index contributed by atoms with van der Waals surface area (Å²) in [5.74, 6) is -0.317. The third kappa shape index (κ3) is 3.82. The van der Waals surface area contributed by atoms with Gasteiger partial charge in [0.15, 0.2) is 5.78 Å². The van der Waals surface area contributed by atoms with Crippen molar-refractivity contribution < 1.29 is 14.0 Å². The van der Waals surface area contributed by atoms with Crippen LogP contribution in [0.3, 0.4) is 0 Å². The molecule has 2 amide bonds. The van der Waals surface area contributed by atoms with Crippen molar-refractivity contribution in [2.45, 2.75) is 6.92 Å². The predicted molar refractivity (Wildman–Crippen MR) is 82.6 cm³/mol. The number of carbonyl (C=O) groups is 2. The third-order valence-electron chi connectivity index (χ3n) is 3.87. The van der Waals surface area contributed by atoms with E-state index in [1.807, 2.05) is 4.90 Å². The molecule has 0 radical (unpaired) electrons. The summed E-state index contributed by atoms with van der Waals surface area (Å²) < 4.78 is 13.2. The van der Waals surface area contributed by atoms with Gasteiger partial charge in [-0.1, -0.05) is 0 Å². The molecule has 120 valence electrons. The van der Waals surface area contributed by atoms with Crippen LogP contribution in [0, 0.1) is 12.7 Å². The van der Waals surface area contributed by atoms with Gasteiger partial charge < -0.3 is 9.80 Å². The molecule has 1 aromatic rings. The number of ketones is 1. The fraction of sp³-hybridized carbons (Fsp3) is 0.500. The van der Waals surface area contributed by atoms with E-state index in [1.54, 1.807) is 36.9 Å². The van der Waals surface area contributed by atoms with Crippen LogP contribution in [0.15, 0.2) is 18.2 Å². The molecular weight excluding hydrogens is 285 g/mol. The molecule has 0 N–H and O–H groups in total. The molecule has 2 rings (SSSR count). The molecule has 1 aliphatic rings. The number of hydrogen-bond acceptors (Lipinski definition) is 3. The quantitative estimate of drug-likeness (QED) is 0.797. The van der Waals surface area contributed by atoms with Gasteiger partial charge in [0.25, 0.3) is 0 Å². The summed E-state index contributed by atoms with van der Waals surface area (Å²) in [6.07, 6.45) is 0. The molecule has 0 unspecified atom stereocenters. The van der Waals surface area contributed by atoms with Crippen molar-refractivity contribution >= 4 is 11.8 Å². The normalized spacial score (nSPS) is 15.7. The molecule has 0 bridgehead atoms. The Hall–Kier alpha value is -1.95. The van der Waals surface area contributed by atoms with E-state index in [4.69, 9.17) is 0 Å². The van der Waals surface area contributed by atoms with Crippen LogP contribution >= 0.6 is 0 Å². The van der Waals surface area contributed by atoms with Crippen molar-refractivity contribution in [2.24, 2.45) is 0 Å². The number of urea groups is 1. The van der Waals surface area contributed by atoms with Gasteiger partial charge >= 0.3 is 6.03 Å². The number of amides is 2. The van der Waals surface area contributed by atoms with Crippen molar-refractivity contribution in [3.05, 3.63) is 35.1 Å². The number of nitrogens with zero attached hydrogens (tertiary/aromatic N) is 3. The predicted octanol–water partition coefficient (Wildman–Crippen LogP) is 1.62. The van der Waals surface area contributed by atoms with Crippen molar-refractivity contribution in [3.8, 4) is 0 Å². The number of benzene rings is 1. The van der Waals surface area contributed by atoms with Crippen molar-refractivity contribution in [1.82, 2.24) is 14.7 Å². The van der Waals surface area contributed by atoms with Gasteiger partial charge in [-0.25, -0.2) is 9.18 Å². The molecule has 0 atom stereocenters. The van der Waals surface area contributed by atoms with Gasteiger partial charge in [0, 0.05) is 45.8 Å². The summed E-state index contributed by atoms with van der Waals surface area (Å²) in [4.78, 5) is 29.5. The number of rotatable bonds is 3. The van der Waals surface area contributed by atoms with Crippen molar-refractivity contribution in [3.63, 3.8) is 0 Å². The summed E-state index contributed by atoms with van der Waals surface area (Å²) in [6, 6.07) is 4.44. The van der Waals surface area contributed by atoms with Gasteiger partial charge in [0.2, 0.25) is 0 Å². The number of piperazine rings is 1. The Balaban J connectivity index is 1.89. The zero-order valence-corrected chi connectivity index (χ0v) is 13.3. The van der Waals surface area contributed by atoms with Gasteiger partial charge in [-0.05, 0) is 30.7 Å². The monoisotopic (exact) mass is 307 g/mol. The van der Waals surface area contributed by atoms with Gasteiger partial charge in [-0.3, -0.25) is 9.69 Å². The van der Waals surface area contributed by atoms with Crippen molar-refractivity contribution in [2.75, 3.05) is 46.8 Å². The first-order valence-electron chi connectivity index (χ1n) is 7.36. The first kappa shape index (κ1) is 16.4. The Bertz CT molecular complexity index is 567. The van der Waals surface area contributed by atoms with Crippen LogP contribution in [-0.2, 0) is 0 Å². The molecule has 6 heteroatoms. The molecule has 0 spiro atoms. The second-order valence-corrected chi connectivity index (χ2v) is 5.83. The highest BCUT2D eigenvalue weighted by Crippen LogP contribution is 2.11. The van der Waals surface area contributed by atoms with Crippen molar-refractivity contribution in [1.29, 1.82) is 0 Å². The van der Waals surface area contributed by atoms with Crippen LogP contribution in [-0.4, -0.2) is 73.3 Å². The van der Waals surface area contributed by atoms with Gasteiger partial charge in [-0.2, -0.15) is 0 Å². The summed E-state index contributed by atoms with van der Waals surface area (Å²) in [6.45, 7) is 4.53. The molecule has 1 aromatic carbocycles. The molecular formula is C16H22FN3O2. The van der Waals surface area contributed by atoms with E-state index >= 15 is 0 Å². The summed E-state index contributed by atoms with van der Waals surface area (Å²) >= 11 is 0. The molecule has 0 aliphatic carbocycles. The number of hydrogen-bond donors (Lipinski definition) is 0. The molecule has 1 aliphatic heterocycles. The third-order valence-corrected chi connectivity index (χ3v) is 3.87. The minimum absolute atomic E-state index is 0.000126. The maximum atomic E-state index is 13.2. The molecule has 1 saturated heterocycles. The minimum Gasteiger partial charge on any atom is -0.331 e. The van der Waals surface area contributed by atoms with E-state index in [9.17, 15) is 14.0 Å². The Morgan fingerprint density at radius 3 is 2.36 bits per heavy atom. The van der Waals surface area contributed by atoms with Gasteiger partial charge in [-0.15, -0.1) is 0 Å². The standard InChI is InChI=1S/C16H22FN3O2/c1-12-10-13(4-5-14(12)17)15(21)11-19-6-8-20(9-7-19)16(22)18(2)3/h4-5,10H,6-9,11H2,1-3H3. The highest BCUT2D eigenvalue weighted by molar-refractivity contribution is 5.97. The van der Waals surface area contributed by atoms with E-state index in [1.165, 1.54) is 12.1 Å². The van der Waals surface area contributed by atoms with Crippen LogP contribution in [0.25, 0.3) is 0 Å². The number of aryl methyl sites for hydroxylation is 1. The summed E-state index contributed by atoms with van der Waals surface area (Å²) in [7, 11) is 3.46. The number of Topliss-reactive ketones (excluding diaryl/α,β-unsaturated/α-hetero) is 1. The summed E-state index contributed by atoms with van der Waals surface area (Å²) in [5.41, 5.74) is 1.01. The lowest BCUT2D eigenvalue weighted by Gasteiger charge is -2.35. The van der Waals surface area contributed by atoms with E-state index < -0.39 is 0 Å². The van der Waals surface area contributed by atoms with Crippen LogP contribution in [0.2, 0.25) is 0 Å². The lowest BCUT2D eigenvalue weighted by molar-refractivity contribution is 0.0863. The lowest BCUT2D eigenvalue weighted by Crippen LogP contribution is -2.52. The average Bonchev–Trinajstić information content (AvgIpc) is 2.50. The van der Waals surface area contributed by atoms with E-state index in [0.29, 0.717) is 43.9 Å². The fourth-order valence-electron chi connectivity index (χ4n) is 2.49. The minimum atomic E-state index is -0.299. The molecule has 1 fully saturated rings. The first-order chi connectivity index (χ1) is 10.4. The first-order valence-corrected chi connectivity index (χ1v) is 7.36. The fourth-order valence-corrected chi connectivity index (χ4v) is 2.49. The maximum absolute atomic E-state index is 13.2. The van der Waals surface area contributed by atoms with E-state index in [2.05, 4.69) is 0 Å². The Kier molecular flexibility index (Phi) is 5.13. The molecule has 0 aromatic heterocycles. The zero-order chi connectivity index (χ0) is 16.3. The summed E-state index contributed by atoms with van der Waals surface area (Å²) in [5, 5.41) is 0. The zero-order valence-electron chi connectivity index (χ0n) is 13.3. The largest absolute Gasteiger partial charge is 0.331 e. The van der Waals surface area contributed by atoms with Crippen LogP contribution in [0.1, 0.15) is 15.9 Å². The Morgan fingerprint density at radius 2 is 1.82 bits per heavy atom. The smallest absolute Gasteiger partial charge is 0.319 e. The highest BCUT2D eigenvalue weighted by Gasteiger charge is 2.23. The van der Waals surface area contributed by atoms with Crippen LogP contribution in [0.5, 0.6) is 0 Å². The highest BCUT2D eigenvalue weighted by atomic mass is 19.1. The van der Waals surface area contributed by atoms with E-state index in [-0.39, 0.29) is 17.6 Å². The molecule has 0 saturated carbocycles. The second-order valence-electron chi connectivity index (χ2n) is 5.83. The van der Waals surface area contributed by atoms with Crippen LogP contribution < -0.4 is 0 Å². The topological polar surface area (TPSA) is 43.9 Å². The second kappa shape index (κ2) is 6.87. The SMILES string of the molecule is Cc1cc(C(=O)CN2CCN(C(=O)N(C)C)CC2)ccc1F. The number of halogens is 1. The van der Waals surface area contributed by atoms with Gasteiger partial charge in [0.1, 0.15) is 5.82 Å². The van der Waals surface area contributed by atoms with Gasteiger partial charge in [0.05, 0.1) is 6.54 Å². The lowest BCUT2D eigenvalue weighted by atomic mass is 10.1. The van der Waals surface area contributed by atoms with Crippen LogP contribution in [0.4, 0.5) is 9.18 Å². The maximum Gasteiger partial charge on any atom is 0.319 e. The molecule has 22 heavy (non-hydrogen) atoms. The molecule has 5 nitrogen and oxygen atoms in total. The Morgan fingerprint density at radius 1 is 1.18 bits per heavy atom. The Labute approximate surface area is 130 Å².